The molecule has 3 rings (SSSR count). The van der Waals surface area contributed by atoms with Gasteiger partial charge in [0.05, 0.1) is 23.0 Å². The third-order valence-electron chi connectivity index (χ3n) is 4.80. The maximum absolute atomic E-state index is 12.8. The van der Waals surface area contributed by atoms with Gasteiger partial charge in [-0.25, -0.2) is 9.97 Å². The molecule has 1 atom stereocenters. The summed E-state index contributed by atoms with van der Waals surface area (Å²) < 4.78 is 1.79. The van der Waals surface area contributed by atoms with Crippen LogP contribution in [0.25, 0.3) is 0 Å². The van der Waals surface area contributed by atoms with Gasteiger partial charge in [0.2, 0.25) is 11.9 Å². The molecule has 0 spiro atoms. The highest BCUT2D eigenvalue weighted by atomic mass is 16.1. The lowest BCUT2D eigenvalue weighted by Crippen LogP contribution is -2.41. The average molecular weight is 342 g/mol. The predicted octanol–water partition coefficient (Wildman–Crippen LogP) is 2.30. The summed E-state index contributed by atoms with van der Waals surface area (Å²) in [6.07, 6.45) is 1.84. The van der Waals surface area contributed by atoms with Crippen LogP contribution in [-0.4, -0.2) is 38.7 Å². The lowest BCUT2D eigenvalue weighted by atomic mass is 9.97. The fraction of sp³-hybridized carbons (Fsp3) is 0.556. The van der Waals surface area contributed by atoms with Gasteiger partial charge in [-0.05, 0) is 46.6 Å². The Labute approximate surface area is 148 Å². The first-order valence-corrected chi connectivity index (χ1v) is 8.73. The number of nitrogens with one attached hydrogen (secondary N) is 1. The zero-order valence-corrected chi connectivity index (χ0v) is 15.6. The van der Waals surface area contributed by atoms with E-state index in [2.05, 4.69) is 25.3 Å². The number of aryl methyl sites for hydroxylation is 4. The Balaban J connectivity index is 1.73. The minimum Gasteiger partial charge on any atom is -0.340 e. The summed E-state index contributed by atoms with van der Waals surface area (Å²) in [5.41, 5.74) is 4.55. The molecule has 0 aromatic carbocycles. The molecule has 0 bridgehead atoms. The van der Waals surface area contributed by atoms with Gasteiger partial charge >= 0.3 is 0 Å². The molecule has 0 unspecified atom stereocenters. The van der Waals surface area contributed by atoms with Crippen LogP contribution in [0.3, 0.4) is 0 Å². The number of carbonyl (C=O) groups excluding carboxylic acids is 1. The van der Waals surface area contributed by atoms with Gasteiger partial charge < -0.3 is 10.2 Å². The second-order valence-corrected chi connectivity index (χ2v) is 6.89. The summed E-state index contributed by atoms with van der Waals surface area (Å²) in [6, 6.07) is 1.96. The smallest absolute Gasteiger partial charge is 0.229 e. The molecule has 1 aliphatic heterocycles. The van der Waals surface area contributed by atoms with Crippen LogP contribution < -0.4 is 10.2 Å². The summed E-state index contributed by atoms with van der Waals surface area (Å²) in [5.74, 6) is 0.703. The van der Waals surface area contributed by atoms with Crippen LogP contribution >= 0.6 is 0 Å². The van der Waals surface area contributed by atoms with Gasteiger partial charge in [-0.1, -0.05) is 0 Å². The molecule has 0 aliphatic carbocycles. The standard InChI is InChI=1S/C18H26N6O/c1-11-9-12(2)20-18(19-11)24-8-6-7-15(10-24)17(25)21-16-13(3)22-23(5)14(16)4/h9,15H,6-8,10H2,1-5H3,(H,21,25)/t15-/m0/s1. The largest absolute Gasteiger partial charge is 0.340 e. The van der Waals surface area contributed by atoms with Gasteiger partial charge in [0, 0.05) is 31.5 Å². The van der Waals surface area contributed by atoms with Gasteiger partial charge in [-0.2, -0.15) is 5.10 Å². The van der Waals surface area contributed by atoms with E-state index in [1.807, 2.05) is 40.8 Å². The molecule has 1 N–H and O–H groups in total. The molecule has 1 amide bonds. The number of anilines is 2. The molecular formula is C18H26N6O. The molecular weight excluding hydrogens is 316 g/mol. The molecule has 2 aromatic rings. The van der Waals surface area contributed by atoms with E-state index in [9.17, 15) is 4.79 Å². The highest BCUT2D eigenvalue weighted by Crippen LogP contribution is 2.24. The highest BCUT2D eigenvalue weighted by molar-refractivity contribution is 5.94. The molecule has 25 heavy (non-hydrogen) atoms. The number of hydrogen-bond acceptors (Lipinski definition) is 5. The number of piperidine rings is 1. The molecule has 3 heterocycles. The van der Waals surface area contributed by atoms with E-state index in [0.717, 1.165) is 53.8 Å². The lowest BCUT2D eigenvalue weighted by molar-refractivity contribution is -0.120. The molecule has 1 fully saturated rings. The Morgan fingerprint density at radius 3 is 2.48 bits per heavy atom. The molecule has 7 heteroatoms. The summed E-state index contributed by atoms with van der Waals surface area (Å²) in [4.78, 5) is 24.0. The first-order valence-electron chi connectivity index (χ1n) is 8.73. The molecule has 0 radical (unpaired) electrons. The zero-order chi connectivity index (χ0) is 18.1. The van der Waals surface area contributed by atoms with Crippen molar-refractivity contribution in [2.24, 2.45) is 13.0 Å². The summed E-state index contributed by atoms with van der Waals surface area (Å²) >= 11 is 0. The van der Waals surface area contributed by atoms with Crippen LogP contribution in [0.1, 0.15) is 35.6 Å². The fourth-order valence-electron chi connectivity index (χ4n) is 3.40. The van der Waals surface area contributed by atoms with Crippen LogP contribution in [0.15, 0.2) is 6.07 Å². The summed E-state index contributed by atoms with van der Waals surface area (Å²) in [6.45, 7) is 9.36. The van der Waals surface area contributed by atoms with Crippen molar-refractivity contribution < 1.29 is 4.79 Å². The zero-order valence-electron chi connectivity index (χ0n) is 15.6. The van der Waals surface area contributed by atoms with E-state index in [4.69, 9.17) is 0 Å². The first-order chi connectivity index (χ1) is 11.8. The normalized spacial score (nSPS) is 17.6. The Kier molecular flexibility index (Phi) is 4.74. The highest BCUT2D eigenvalue weighted by Gasteiger charge is 2.28. The second-order valence-electron chi connectivity index (χ2n) is 6.89. The van der Waals surface area contributed by atoms with Crippen molar-refractivity contribution in [1.82, 2.24) is 19.7 Å². The third kappa shape index (κ3) is 3.65. The molecule has 7 nitrogen and oxygen atoms in total. The molecule has 134 valence electrons. The number of carbonyl (C=O) groups is 1. The van der Waals surface area contributed by atoms with E-state index in [1.54, 1.807) is 4.68 Å². The third-order valence-corrected chi connectivity index (χ3v) is 4.80. The Hall–Kier alpha value is -2.44. The number of rotatable bonds is 3. The van der Waals surface area contributed by atoms with Crippen molar-refractivity contribution in [3.63, 3.8) is 0 Å². The van der Waals surface area contributed by atoms with Crippen molar-refractivity contribution in [3.05, 3.63) is 28.8 Å². The Morgan fingerprint density at radius 2 is 1.88 bits per heavy atom. The van der Waals surface area contributed by atoms with Gasteiger partial charge in [0.25, 0.3) is 0 Å². The fourth-order valence-corrected chi connectivity index (χ4v) is 3.40. The first kappa shape index (κ1) is 17.4. The Bertz CT molecular complexity index is 777. The van der Waals surface area contributed by atoms with E-state index in [1.165, 1.54) is 0 Å². The maximum atomic E-state index is 12.8. The van der Waals surface area contributed by atoms with Crippen LogP contribution in [0, 0.1) is 33.6 Å². The average Bonchev–Trinajstić information content (AvgIpc) is 2.80. The van der Waals surface area contributed by atoms with E-state index in [0.29, 0.717) is 6.54 Å². The minimum absolute atomic E-state index is 0.0493. The van der Waals surface area contributed by atoms with E-state index in [-0.39, 0.29) is 11.8 Å². The number of aromatic nitrogens is 4. The lowest BCUT2D eigenvalue weighted by Gasteiger charge is -2.32. The van der Waals surface area contributed by atoms with Crippen LogP contribution in [-0.2, 0) is 11.8 Å². The quantitative estimate of drug-likeness (QED) is 0.926. The van der Waals surface area contributed by atoms with E-state index >= 15 is 0 Å². The number of amides is 1. The van der Waals surface area contributed by atoms with Crippen molar-refractivity contribution in [3.8, 4) is 0 Å². The monoisotopic (exact) mass is 342 g/mol. The van der Waals surface area contributed by atoms with Crippen LogP contribution in [0.2, 0.25) is 0 Å². The van der Waals surface area contributed by atoms with Crippen molar-refractivity contribution in [2.45, 2.75) is 40.5 Å². The Morgan fingerprint density at radius 1 is 1.20 bits per heavy atom. The molecule has 1 saturated heterocycles. The van der Waals surface area contributed by atoms with Gasteiger partial charge in [0.15, 0.2) is 0 Å². The molecule has 1 aliphatic rings. The van der Waals surface area contributed by atoms with Gasteiger partial charge in [-0.15, -0.1) is 0 Å². The number of hydrogen-bond donors (Lipinski definition) is 1. The van der Waals surface area contributed by atoms with Crippen LogP contribution in [0.4, 0.5) is 11.6 Å². The summed E-state index contributed by atoms with van der Waals surface area (Å²) in [7, 11) is 1.89. The molecule has 2 aromatic heterocycles. The number of nitrogens with zero attached hydrogens (tertiary/aromatic N) is 5. The van der Waals surface area contributed by atoms with Gasteiger partial charge in [-0.3, -0.25) is 9.48 Å². The second kappa shape index (κ2) is 6.82. The molecule has 0 saturated carbocycles. The SMILES string of the molecule is Cc1cc(C)nc(N2CCC[C@H](C(=O)Nc3c(C)nn(C)c3C)C2)n1. The summed E-state index contributed by atoms with van der Waals surface area (Å²) in [5, 5.41) is 7.44. The van der Waals surface area contributed by atoms with E-state index < -0.39 is 0 Å². The predicted molar refractivity (Wildman–Crippen MR) is 97.8 cm³/mol. The van der Waals surface area contributed by atoms with Gasteiger partial charge in [0.1, 0.15) is 0 Å². The van der Waals surface area contributed by atoms with Crippen LogP contribution in [0.5, 0.6) is 0 Å². The van der Waals surface area contributed by atoms with Crippen molar-refractivity contribution in [2.75, 3.05) is 23.3 Å². The van der Waals surface area contributed by atoms with Crippen molar-refractivity contribution in [1.29, 1.82) is 0 Å². The van der Waals surface area contributed by atoms with Crippen molar-refractivity contribution >= 4 is 17.5 Å². The topological polar surface area (TPSA) is 75.9 Å². The maximum Gasteiger partial charge on any atom is 0.229 e. The minimum atomic E-state index is -0.0721.